The Morgan fingerprint density at radius 1 is 1.38 bits per heavy atom. The van der Waals surface area contributed by atoms with Crippen LogP contribution in [0.1, 0.15) is 34.1 Å². The Morgan fingerprint density at radius 2 is 2.00 bits per heavy atom. The van der Waals surface area contributed by atoms with E-state index in [4.69, 9.17) is 0 Å². The molecule has 9 heteroatoms. The molecule has 0 aliphatic rings. The average molecular weight is 335 g/mol. The Labute approximate surface area is 129 Å². The van der Waals surface area contributed by atoms with Crippen LogP contribution in [0.4, 0.5) is 10.7 Å². The van der Waals surface area contributed by atoms with Gasteiger partial charge in [0.2, 0.25) is 10.0 Å². The number of sulfonamides is 1. The van der Waals surface area contributed by atoms with Gasteiger partial charge in [-0.1, -0.05) is 32.1 Å². The topological polar surface area (TPSA) is 101 Å². The van der Waals surface area contributed by atoms with Gasteiger partial charge in [-0.25, -0.2) is 13.1 Å². The van der Waals surface area contributed by atoms with E-state index >= 15 is 0 Å². The molecule has 1 rings (SSSR count). The lowest BCUT2D eigenvalue weighted by molar-refractivity contribution is -0.383. The minimum absolute atomic E-state index is 0.0444. The lowest BCUT2D eigenvalue weighted by Gasteiger charge is -2.22. The van der Waals surface area contributed by atoms with E-state index in [9.17, 15) is 18.5 Å². The third-order valence-corrected chi connectivity index (χ3v) is 6.14. The summed E-state index contributed by atoms with van der Waals surface area (Å²) in [5, 5.41) is 14.0. The molecule has 1 aromatic heterocycles. The SMILES string of the molecule is CCNc1sc(S(=O)(=O)NCC(C)(C)CC)cc1[N+](=O)[O-]. The van der Waals surface area contributed by atoms with Gasteiger partial charge in [-0.15, -0.1) is 0 Å². The van der Waals surface area contributed by atoms with Crippen LogP contribution in [0, 0.1) is 15.5 Å². The van der Waals surface area contributed by atoms with E-state index < -0.39 is 14.9 Å². The van der Waals surface area contributed by atoms with Crippen LogP contribution in [0.5, 0.6) is 0 Å². The van der Waals surface area contributed by atoms with E-state index in [1.165, 1.54) is 0 Å². The molecule has 0 bridgehead atoms. The van der Waals surface area contributed by atoms with Crippen molar-refractivity contribution in [3.8, 4) is 0 Å². The summed E-state index contributed by atoms with van der Waals surface area (Å²) in [6, 6.07) is 1.10. The zero-order valence-electron chi connectivity index (χ0n) is 12.6. The fraction of sp³-hybridized carbons (Fsp3) is 0.667. The third-order valence-electron chi connectivity index (χ3n) is 3.19. The molecule has 2 N–H and O–H groups in total. The van der Waals surface area contributed by atoms with E-state index in [-0.39, 0.29) is 26.9 Å². The summed E-state index contributed by atoms with van der Waals surface area (Å²) in [6.07, 6.45) is 0.822. The molecule has 1 aromatic rings. The smallest absolute Gasteiger partial charge is 0.304 e. The van der Waals surface area contributed by atoms with Crippen LogP contribution >= 0.6 is 11.3 Å². The van der Waals surface area contributed by atoms with Crippen LogP contribution in [0.25, 0.3) is 0 Å². The van der Waals surface area contributed by atoms with Crippen molar-refractivity contribution in [3.05, 3.63) is 16.2 Å². The summed E-state index contributed by atoms with van der Waals surface area (Å²) >= 11 is 0.874. The first-order chi connectivity index (χ1) is 9.63. The molecule has 0 aromatic carbocycles. The van der Waals surface area contributed by atoms with Gasteiger partial charge < -0.3 is 5.32 Å². The number of nitrogens with one attached hydrogen (secondary N) is 2. The molecule has 120 valence electrons. The second-order valence-corrected chi connectivity index (χ2v) is 8.46. The summed E-state index contributed by atoms with van der Waals surface area (Å²) in [4.78, 5) is 10.4. The monoisotopic (exact) mass is 335 g/mol. The van der Waals surface area contributed by atoms with Gasteiger partial charge in [0, 0.05) is 19.2 Å². The van der Waals surface area contributed by atoms with Gasteiger partial charge in [-0.3, -0.25) is 10.1 Å². The van der Waals surface area contributed by atoms with Crippen molar-refractivity contribution in [2.24, 2.45) is 5.41 Å². The standard InChI is InChI=1S/C12H21N3O4S2/c1-5-12(3,4)8-14-21(18,19)10-7-9(15(16)17)11(20-10)13-6-2/h7,13-14H,5-6,8H2,1-4H3. The molecule has 0 unspecified atom stereocenters. The first-order valence-corrected chi connectivity index (χ1v) is 8.94. The van der Waals surface area contributed by atoms with Crippen molar-refractivity contribution < 1.29 is 13.3 Å². The molecule has 1 heterocycles. The number of rotatable bonds is 8. The summed E-state index contributed by atoms with van der Waals surface area (Å²) < 4.78 is 26.9. The zero-order valence-corrected chi connectivity index (χ0v) is 14.2. The fourth-order valence-corrected chi connectivity index (χ4v) is 4.08. The van der Waals surface area contributed by atoms with E-state index in [0.29, 0.717) is 6.54 Å². The Kier molecular flexibility index (Phi) is 5.71. The summed E-state index contributed by atoms with van der Waals surface area (Å²) in [5.74, 6) is 0. The number of hydrogen-bond acceptors (Lipinski definition) is 6. The fourth-order valence-electron chi connectivity index (χ4n) is 1.40. The van der Waals surface area contributed by atoms with Crippen LogP contribution in [-0.4, -0.2) is 26.4 Å². The maximum absolute atomic E-state index is 12.2. The molecule has 0 radical (unpaired) electrons. The number of thiophene rings is 1. The first kappa shape index (κ1) is 17.9. The molecule has 0 fully saturated rings. The molecule has 0 amide bonds. The predicted octanol–water partition coefficient (Wildman–Crippen LogP) is 2.80. The van der Waals surface area contributed by atoms with Gasteiger partial charge >= 0.3 is 5.69 Å². The van der Waals surface area contributed by atoms with Gasteiger partial charge in [-0.2, -0.15) is 0 Å². The molecule has 0 saturated carbocycles. The van der Waals surface area contributed by atoms with Crippen molar-refractivity contribution in [2.75, 3.05) is 18.4 Å². The third kappa shape index (κ3) is 4.65. The molecule has 0 saturated heterocycles. The van der Waals surface area contributed by atoms with Crippen molar-refractivity contribution in [2.45, 2.75) is 38.3 Å². The molecular formula is C12H21N3O4S2. The Bertz CT molecular complexity index is 608. The average Bonchev–Trinajstić information content (AvgIpc) is 2.82. The maximum atomic E-state index is 12.2. The van der Waals surface area contributed by atoms with E-state index in [2.05, 4.69) is 10.0 Å². The highest BCUT2D eigenvalue weighted by Gasteiger charge is 2.27. The highest BCUT2D eigenvalue weighted by molar-refractivity contribution is 7.91. The lowest BCUT2D eigenvalue weighted by atomic mass is 9.91. The van der Waals surface area contributed by atoms with Gasteiger partial charge in [0.1, 0.15) is 4.21 Å². The normalized spacial score (nSPS) is 12.4. The summed E-state index contributed by atoms with van der Waals surface area (Å²) in [6.45, 7) is 8.45. The number of nitro groups is 1. The van der Waals surface area contributed by atoms with Crippen LogP contribution < -0.4 is 10.0 Å². The number of hydrogen-bond donors (Lipinski definition) is 2. The van der Waals surface area contributed by atoms with Crippen molar-refractivity contribution in [1.82, 2.24) is 4.72 Å². The second kappa shape index (κ2) is 6.71. The first-order valence-electron chi connectivity index (χ1n) is 6.64. The zero-order chi connectivity index (χ0) is 16.3. The van der Waals surface area contributed by atoms with Crippen molar-refractivity contribution in [3.63, 3.8) is 0 Å². The van der Waals surface area contributed by atoms with E-state index in [1.54, 1.807) is 6.92 Å². The molecule has 0 aliphatic heterocycles. The van der Waals surface area contributed by atoms with Crippen LogP contribution in [-0.2, 0) is 10.0 Å². The highest BCUT2D eigenvalue weighted by Crippen LogP contribution is 2.37. The van der Waals surface area contributed by atoms with Gasteiger partial charge in [0.25, 0.3) is 0 Å². The molecule has 21 heavy (non-hydrogen) atoms. The molecular weight excluding hydrogens is 314 g/mol. The molecule has 0 aliphatic carbocycles. The van der Waals surface area contributed by atoms with Gasteiger partial charge in [-0.05, 0) is 18.8 Å². The Hall–Kier alpha value is -1.19. The van der Waals surface area contributed by atoms with E-state index in [1.807, 2.05) is 20.8 Å². The maximum Gasteiger partial charge on any atom is 0.304 e. The van der Waals surface area contributed by atoms with Crippen LogP contribution in [0.3, 0.4) is 0 Å². The minimum Gasteiger partial charge on any atom is -0.372 e. The van der Waals surface area contributed by atoms with Crippen molar-refractivity contribution >= 4 is 32.0 Å². The van der Waals surface area contributed by atoms with Gasteiger partial charge in [0.15, 0.2) is 5.00 Å². The Morgan fingerprint density at radius 3 is 2.48 bits per heavy atom. The largest absolute Gasteiger partial charge is 0.372 e. The quantitative estimate of drug-likeness (QED) is 0.562. The minimum atomic E-state index is -3.73. The number of nitrogens with zero attached hydrogens (tertiary/aromatic N) is 1. The molecule has 0 atom stereocenters. The molecule has 7 nitrogen and oxygen atoms in total. The Balaban J connectivity index is 3.03. The van der Waals surface area contributed by atoms with Crippen molar-refractivity contribution in [1.29, 1.82) is 0 Å². The van der Waals surface area contributed by atoms with Gasteiger partial charge in [0.05, 0.1) is 4.92 Å². The summed E-state index contributed by atoms with van der Waals surface area (Å²) in [5.41, 5.74) is -0.377. The number of anilines is 1. The summed E-state index contributed by atoms with van der Waals surface area (Å²) in [7, 11) is -3.73. The van der Waals surface area contributed by atoms with Crippen LogP contribution in [0.15, 0.2) is 10.3 Å². The van der Waals surface area contributed by atoms with Crippen LogP contribution in [0.2, 0.25) is 0 Å². The molecule has 0 spiro atoms. The van der Waals surface area contributed by atoms with E-state index in [0.717, 1.165) is 23.8 Å². The lowest BCUT2D eigenvalue weighted by Crippen LogP contribution is -2.33. The highest BCUT2D eigenvalue weighted by atomic mass is 32.2. The predicted molar refractivity (Wildman–Crippen MR) is 84.4 cm³/mol. The second-order valence-electron chi connectivity index (χ2n) is 5.41.